The van der Waals surface area contributed by atoms with Crippen LogP contribution in [0.15, 0.2) is 10.3 Å². The summed E-state index contributed by atoms with van der Waals surface area (Å²) in [6, 6.07) is 1.83. The molecular weight excluding hydrogens is 292 g/mol. The van der Waals surface area contributed by atoms with Crippen LogP contribution in [0.25, 0.3) is 0 Å². The largest absolute Gasteiger partial charge is 0.312 e. The van der Waals surface area contributed by atoms with Crippen LogP contribution >= 0.6 is 11.3 Å². The summed E-state index contributed by atoms with van der Waals surface area (Å²) >= 11 is 1.42. The van der Waals surface area contributed by atoms with Crippen molar-refractivity contribution in [1.82, 2.24) is 9.62 Å². The van der Waals surface area contributed by atoms with Crippen molar-refractivity contribution in [3.8, 4) is 0 Å². The molecule has 1 aromatic heterocycles. The van der Waals surface area contributed by atoms with E-state index < -0.39 is 10.0 Å². The Morgan fingerprint density at radius 3 is 2.65 bits per heavy atom. The van der Waals surface area contributed by atoms with E-state index in [0.717, 1.165) is 49.2 Å². The molecule has 0 aromatic carbocycles. The third kappa shape index (κ3) is 3.61. The quantitative estimate of drug-likeness (QED) is 0.821. The minimum absolute atomic E-state index is 0.505. The Bertz CT molecular complexity index is 531. The van der Waals surface area contributed by atoms with E-state index >= 15 is 0 Å². The van der Waals surface area contributed by atoms with Crippen molar-refractivity contribution in [2.24, 2.45) is 0 Å². The van der Waals surface area contributed by atoms with Crippen molar-refractivity contribution in [3.63, 3.8) is 0 Å². The lowest BCUT2D eigenvalue weighted by Gasteiger charge is -2.25. The zero-order chi connectivity index (χ0) is 14.6. The Balaban J connectivity index is 2.13. The van der Waals surface area contributed by atoms with E-state index in [9.17, 15) is 8.42 Å². The average Bonchev–Trinajstić information content (AvgIpc) is 2.82. The summed E-state index contributed by atoms with van der Waals surface area (Å²) in [4.78, 5) is 1.13. The molecule has 0 radical (unpaired) electrons. The van der Waals surface area contributed by atoms with Gasteiger partial charge in [0.05, 0.1) is 0 Å². The first-order chi connectivity index (χ1) is 9.55. The highest BCUT2D eigenvalue weighted by atomic mass is 32.2. The molecule has 2 rings (SSSR count). The smallest absolute Gasteiger partial charge is 0.252 e. The van der Waals surface area contributed by atoms with Crippen LogP contribution in [0.2, 0.25) is 0 Å². The van der Waals surface area contributed by atoms with Gasteiger partial charge in [-0.1, -0.05) is 13.3 Å². The molecular formula is C14H24N2O2S2. The maximum absolute atomic E-state index is 12.6. The minimum atomic E-state index is -3.27. The second-order valence-corrected chi connectivity index (χ2v) is 8.61. The van der Waals surface area contributed by atoms with E-state index in [4.69, 9.17) is 0 Å². The van der Waals surface area contributed by atoms with E-state index in [1.165, 1.54) is 11.3 Å². The summed E-state index contributed by atoms with van der Waals surface area (Å²) in [5.74, 6) is 0. The second-order valence-electron chi connectivity index (χ2n) is 5.31. The Hall–Kier alpha value is -0.430. The van der Waals surface area contributed by atoms with Crippen LogP contribution in [0.5, 0.6) is 0 Å². The van der Waals surface area contributed by atoms with Crippen LogP contribution in [0.3, 0.4) is 0 Å². The molecule has 1 N–H and O–H groups in total. The van der Waals surface area contributed by atoms with Gasteiger partial charge in [-0.25, -0.2) is 8.42 Å². The number of piperidine rings is 1. The highest BCUT2D eigenvalue weighted by Crippen LogP contribution is 2.29. The van der Waals surface area contributed by atoms with E-state index in [1.54, 1.807) is 4.31 Å². The van der Waals surface area contributed by atoms with Crippen LogP contribution in [0, 0.1) is 6.92 Å². The topological polar surface area (TPSA) is 49.4 Å². The maximum Gasteiger partial charge on any atom is 0.252 e. The SMILES string of the molecule is CCCNCc1sc(S(=O)(=O)N2CCCCC2)cc1C. The van der Waals surface area contributed by atoms with Crippen molar-refractivity contribution in [3.05, 3.63) is 16.5 Å². The Morgan fingerprint density at radius 2 is 2.00 bits per heavy atom. The van der Waals surface area contributed by atoms with Gasteiger partial charge in [0.25, 0.3) is 10.0 Å². The molecule has 0 atom stereocenters. The first-order valence-corrected chi connectivity index (χ1v) is 9.61. The van der Waals surface area contributed by atoms with Gasteiger partial charge >= 0.3 is 0 Å². The number of aryl methyl sites for hydroxylation is 1. The molecule has 1 aliphatic heterocycles. The number of thiophene rings is 1. The van der Waals surface area contributed by atoms with E-state index in [1.807, 2.05) is 13.0 Å². The monoisotopic (exact) mass is 316 g/mol. The van der Waals surface area contributed by atoms with Gasteiger partial charge in [-0.3, -0.25) is 0 Å². The lowest BCUT2D eigenvalue weighted by molar-refractivity contribution is 0.347. The van der Waals surface area contributed by atoms with Gasteiger partial charge in [0.15, 0.2) is 0 Å². The van der Waals surface area contributed by atoms with Gasteiger partial charge in [-0.15, -0.1) is 11.3 Å². The van der Waals surface area contributed by atoms with Gasteiger partial charge in [-0.2, -0.15) is 4.31 Å². The van der Waals surface area contributed by atoms with Crippen LogP contribution in [-0.4, -0.2) is 32.4 Å². The van der Waals surface area contributed by atoms with E-state index in [0.29, 0.717) is 17.3 Å². The third-order valence-corrected chi connectivity index (χ3v) is 7.20. The molecule has 0 bridgehead atoms. The maximum atomic E-state index is 12.6. The van der Waals surface area contributed by atoms with Crippen LogP contribution in [0.1, 0.15) is 43.0 Å². The van der Waals surface area contributed by atoms with Crippen LogP contribution < -0.4 is 5.32 Å². The standard InChI is InChI=1S/C14H24N2O2S2/c1-3-7-15-11-13-12(2)10-14(19-13)20(17,18)16-8-5-4-6-9-16/h10,15H,3-9,11H2,1-2H3. The number of hydrogen-bond acceptors (Lipinski definition) is 4. The fraction of sp³-hybridized carbons (Fsp3) is 0.714. The summed E-state index contributed by atoms with van der Waals surface area (Å²) < 4.78 is 27.3. The predicted molar refractivity (Wildman–Crippen MR) is 83.7 cm³/mol. The zero-order valence-electron chi connectivity index (χ0n) is 12.3. The van der Waals surface area contributed by atoms with E-state index in [-0.39, 0.29) is 0 Å². The molecule has 1 aromatic rings. The number of nitrogens with one attached hydrogen (secondary N) is 1. The number of hydrogen-bond donors (Lipinski definition) is 1. The summed E-state index contributed by atoms with van der Waals surface area (Å²) in [5.41, 5.74) is 1.08. The molecule has 2 heterocycles. The molecule has 4 nitrogen and oxygen atoms in total. The number of sulfonamides is 1. The van der Waals surface area contributed by atoms with E-state index in [2.05, 4.69) is 12.2 Å². The van der Waals surface area contributed by atoms with Gasteiger partial charge in [0, 0.05) is 24.5 Å². The molecule has 0 unspecified atom stereocenters. The van der Waals surface area contributed by atoms with Crippen LogP contribution in [0.4, 0.5) is 0 Å². The molecule has 114 valence electrons. The summed E-state index contributed by atoms with van der Waals surface area (Å²) in [6.45, 7) is 7.19. The summed E-state index contributed by atoms with van der Waals surface area (Å²) in [5, 5.41) is 3.34. The summed E-state index contributed by atoms with van der Waals surface area (Å²) in [6.07, 6.45) is 4.19. The molecule has 0 saturated carbocycles. The third-order valence-electron chi connectivity index (χ3n) is 3.62. The zero-order valence-corrected chi connectivity index (χ0v) is 13.9. The highest BCUT2D eigenvalue weighted by Gasteiger charge is 2.28. The fourth-order valence-corrected chi connectivity index (χ4v) is 5.63. The van der Waals surface area contributed by atoms with Crippen molar-refractivity contribution in [1.29, 1.82) is 0 Å². The van der Waals surface area contributed by atoms with Crippen molar-refractivity contribution >= 4 is 21.4 Å². The fourth-order valence-electron chi connectivity index (χ4n) is 2.40. The molecule has 0 amide bonds. The highest BCUT2D eigenvalue weighted by molar-refractivity contribution is 7.91. The lowest BCUT2D eigenvalue weighted by atomic mass is 10.2. The van der Waals surface area contributed by atoms with Crippen molar-refractivity contribution < 1.29 is 8.42 Å². The number of rotatable bonds is 6. The number of nitrogens with zero attached hydrogens (tertiary/aromatic N) is 1. The first-order valence-electron chi connectivity index (χ1n) is 7.36. The Kier molecular flexibility index (Phi) is 5.60. The lowest BCUT2D eigenvalue weighted by Crippen LogP contribution is -2.35. The first kappa shape index (κ1) is 15.9. The molecule has 6 heteroatoms. The molecule has 20 heavy (non-hydrogen) atoms. The van der Waals surface area contributed by atoms with Gasteiger partial charge in [0.2, 0.25) is 0 Å². The van der Waals surface area contributed by atoms with Crippen LogP contribution in [-0.2, 0) is 16.6 Å². The molecule has 1 fully saturated rings. The second kappa shape index (κ2) is 7.02. The average molecular weight is 316 g/mol. The molecule has 1 saturated heterocycles. The normalized spacial score (nSPS) is 17.5. The minimum Gasteiger partial charge on any atom is -0.312 e. The van der Waals surface area contributed by atoms with Gasteiger partial charge in [0.1, 0.15) is 4.21 Å². The van der Waals surface area contributed by atoms with Gasteiger partial charge in [-0.05, 0) is 44.4 Å². The van der Waals surface area contributed by atoms with Gasteiger partial charge < -0.3 is 5.32 Å². The Morgan fingerprint density at radius 1 is 1.30 bits per heavy atom. The Labute approximate surface area is 126 Å². The molecule has 0 spiro atoms. The summed E-state index contributed by atoms with van der Waals surface area (Å²) in [7, 11) is -3.27. The van der Waals surface area contributed by atoms with Crippen molar-refractivity contribution in [2.45, 2.75) is 50.3 Å². The van der Waals surface area contributed by atoms with Crippen molar-refractivity contribution in [2.75, 3.05) is 19.6 Å². The molecule has 0 aliphatic carbocycles. The molecule has 1 aliphatic rings. The predicted octanol–water partition coefficient (Wildman–Crippen LogP) is 2.73.